The van der Waals surface area contributed by atoms with E-state index in [2.05, 4.69) is 0 Å². The summed E-state index contributed by atoms with van der Waals surface area (Å²) >= 11 is 0. The minimum absolute atomic E-state index is 0.223. The molecule has 2 unspecified atom stereocenters. The van der Waals surface area contributed by atoms with Crippen molar-refractivity contribution in [1.29, 1.82) is 0 Å². The predicted octanol–water partition coefficient (Wildman–Crippen LogP) is 5.37. The first kappa shape index (κ1) is 19.1. The molecule has 0 fully saturated rings. The summed E-state index contributed by atoms with van der Waals surface area (Å²) in [6.07, 6.45) is -9.46. The number of hydrogen-bond donors (Lipinski definition) is 0. The SMILES string of the molecule is CC1C(=O)C=C(C(F)(F)F)C=C1OC(C)c1ccccc1C(F)(F)F. The van der Waals surface area contributed by atoms with Crippen molar-refractivity contribution in [3.63, 3.8) is 0 Å². The number of allylic oxidation sites excluding steroid dienone is 4. The van der Waals surface area contributed by atoms with Gasteiger partial charge >= 0.3 is 12.4 Å². The van der Waals surface area contributed by atoms with Crippen LogP contribution in [0.3, 0.4) is 0 Å². The third kappa shape index (κ3) is 4.24. The van der Waals surface area contributed by atoms with Crippen molar-refractivity contribution in [2.45, 2.75) is 32.3 Å². The van der Waals surface area contributed by atoms with Crippen LogP contribution in [0.25, 0.3) is 0 Å². The van der Waals surface area contributed by atoms with Gasteiger partial charge in [0.05, 0.1) is 17.1 Å². The monoisotopic (exact) mass is 364 g/mol. The van der Waals surface area contributed by atoms with E-state index in [1.54, 1.807) is 0 Å². The van der Waals surface area contributed by atoms with E-state index in [4.69, 9.17) is 4.74 Å². The quantitative estimate of drug-likeness (QED) is 0.674. The first-order chi connectivity index (χ1) is 11.4. The van der Waals surface area contributed by atoms with E-state index >= 15 is 0 Å². The molecule has 0 bridgehead atoms. The second-order valence-corrected chi connectivity index (χ2v) is 5.61. The molecule has 1 aliphatic rings. The molecule has 0 saturated heterocycles. The molecule has 0 aromatic heterocycles. The van der Waals surface area contributed by atoms with Crippen LogP contribution in [0, 0.1) is 5.92 Å². The van der Waals surface area contributed by atoms with Crippen LogP contribution >= 0.6 is 0 Å². The molecular weight excluding hydrogens is 350 g/mol. The maximum Gasteiger partial charge on any atom is 0.416 e. The summed E-state index contributed by atoms with van der Waals surface area (Å²) in [4.78, 5) is 11.7. The Morgan fingerprint density at radius 2 is 1.60 bits per heavy atom. The highest BCUT2D eigenvalue weighted by Gasteiger charge is 2.39. The van der Waals surface area contributed by atoms with Gasteiger partial charge in [0.15, 0.2) is 5.78 Å². The third-order valence-electron chi connectivity index (χ3n) is 3.79. The number of ketones is 1. The minimum atomic E-state index is -4.75. The van der Waals surface area contributed by atoms with Gasteiger partial charge in [-0.25, -0.2) is 0 Å². The highest BCUT2D eigenvalue weighted by molar-refractivity contribution is 5.95. The van der Waals surface area contributed by atoms with Gasteiger partial charge < -0.3 is 4.74 Å². The van der Waals surface area contributed by atoms with E-state index in [9.17, 15) is 31.1 Å². The Kier molecular flexibility index (Phi) is 5.02. The van der Waals surface area contributed by atoms with Crippen molar-refractivity contribution in [2.75, 3.05) is 0 Å². The Bertz CT molecular complexity index is 727. The number of carbonyl (C=O) groups is 1. The van der Waals surface area contributed by atoms with Crippen LogP contribution in [-0.2, 0) is 15.7 Å². The van der Waals surface area contributed by atoms with Crippen LogP contribution in [0.15, 0.2) is 47.7 Å². The zero-order chi connectivity index (χ0) is 19.0. The number of alkyl halides is 6. The van der Waals surface area contributed by atoms with Crippen LogP contribution in [0.4, 0.5) is 26.3 Å². The fourth-order valence-electron chi connectivity index (χ4n) is 2.42. The van der Waals surface area contributed by atoms with E-state index in [0.717, 1.165) is 6.07 Å². The molecule has 2 nitrogen and oxygen atoms in total. The number of halogens is 6. The van der Waals surface area contributed by atoms with E-state index in [0.29, 0.717) is 12.2 Å². The van der Waals surface area contributed by atoms with Crippen LogP contribution in [0.5, 0.6) is 0 Å². The van der Waals surface area contributed by atoms with Gasteiger partial charge in [0.25, 0.3) is 0 Å². The summed E-state index contributed by atoms with van der Waals surface area (Å²) in [5.74, 6) is -2.14. The largest absolute Gasteiger partial charge is 0.490 e. The van der Waals surface area contributed by atoms with Gasteiger partial charge in [-0.3, -0.25) is 4.79 Å². The Hall–Kier alpha value is -2.25. The summed E-state index contributed by atoms with van der Waals surface area (Å²) in [6.45, 7) is 2.62. The van der Waals surface area contributed by atoms with Crippen LogP contribution in [-0.4, -0.2) is 12.0 Å². The molecule has 8 heteroatoms. The second kappa shape index (κ2) is 6.57. The molecule has 0 aliphatic heterocycles. The summed E-state index contributed by atoms with van der Waals surface area (Å²) in [7, 11) is 0. The number of benzene rings is 1. The van der Waals surface area contributed by atoms with Crippen molar-refractivity contribution in [3.05, 3.63) is 58.9 Å². The standard InChI is InChI=1S/C17H14F6O2/c1-9-14(24)7-11(16(18,19)20)8-15(9)25-10(2)12-5-3-4-6-13(12)17(21,22)23/h3-10H,1-2H3. The molecule has 1 aliphatic carbocycles. The first-order valence-corrected chi connectivity index (χ1v) is 7.28. The van der Waals surface area contributed by atoms with Gasteiger partial charge in [-0.2, -0.15) is 26.3 Å². The maximum absolute atomic E-state index is 13.1. The molecule has 0 heterocycles. The summed E-state index contributed by atoms with van der Waals surface area (Å²) in [5, 5.41) is 0. The molecule has 136 valence electrons. The summed E-state index contributed by atoms with van der Waals surface area (Å²) in [5.41, 5.74) is -2.36. The van der Waals surface area contributed by atoms with Gasteiger partial charge in [0, 0.05) is 5.56 Å². The molecule has 2 atom stereocenters. The average Bonchev–Trinajstić information content (AvgIpc) is 2.49. The first-order valence-electron chi connectivity index (χ1n) is 7.28. The lowest BCUT2D eigenvalue weighted by Gasteiger charge is -2.26. The van der Waals surface area contributed by atoms with E-state index in [1.807, 2.05) is 0 Å². The normalized spacial score (nSPS) is 20.0. The van der Waals surface area contributed by atoms with Crippen molar-refractivity contribution in [1.82, 2.24) is 0 Å². The van der Waals surface area contributed by atoms with Gasteiger partial charge in [-0.05, 0) is 32.1 Å². The van der Waals surface area contributed by atoms with Crippen molar-refractivity contribution in [3.8, 4) is 0 Å². The summed E-state index contributed by atoms with van der Waals surface area (Å²) < 4.78 is 83.0. The number of carbonyl (C=O) groups excluding carboxylic acids is 1. The lowest BCUT2D eigenvalue weighted by molar-refractivity contribution is -0.139. The molecular formula is C17H14F6O2. The molecule has 0 amide bonds. The number of hydrogen-bond acceptors (Lipinski definition) is 2. The predicted molar refractivity (Wildman–Crippen MR) is 77.3 cm³/mol. The van der Waals surface area contributed by atoms with E-state index in [1.165, 1.54) is 32.0 Å². The minimum Gasteiger partial charge on any atom is -0.490 e. The van der Waals surface area contributed by atoms with Crippen LogP contribution in [0.2, 0.25) is 0 Å². The lowest BCUT2D eigenvalue weighted by Crippen LogP contribution is -2.24. The third-order valence-corrected chi connectivity index (χ3v) is 3.79. The van der Waals surface area contributed by atoms with Crippen LogP contribution in [0.1, 0.15) is 31.1 Å². The number of ether oxygens (including phenoxy) is 1. The van der Waals surface area contributed by atoms with E-state index < -0.39 is 41.3 Å². The second-order valence-electron chi connectivity index (χ2n) is 5.61. The Morgan fingerprint density at radius 1 is 1.00 bits per heavy atom. The molecule has 0 spiro atoms. The Labute approximate surface area is 139 Å². The van der Waals surface area contributed by atoms with Gasteiger partial charge in [-0.15, -0.1) is 0 Å². The van der Waals surface area contributed by atoms with Crippen molar-refractivity contribution in [2.24, 2.45) is 5.92 Å². The highest BCUT2D eigenvalue weighted by Crippen LogP contribution is 2.38. The zero-order valence-corrected chi connectivity index (χ0v) is 13.2. The summed E-state index contributed by atoms with van der Waals surface area (Å²) in [6, 6.07) is 4.62. The molecule has 0 saturated carbocycles. The molecule has 0 radical (unpaired) electrons. The van der Waals surface area contributed by atoms with E-state index in [-0.39, 0.29) is 11.3 Å². The van der Waals surface area contributed by atoms with Crippen LogP contribution < -0.4 is 0 Å². The fourth-order valence-corrected chi connectivity index (χ4v) is 2.42. The van der Waals surface area contributed by atoms with Gasteiger partial charge in [-0.1, -0.05) is 18.2 Å². The average molecular weight is 364 g/mol. The van der Waals surface area contributed by atoms with Crippen molar-refractivity contribution < 1.29 is 35.9 Å². The molecule has 1 aromatic carbocycles. The Morgan fingerprint density at radius 3 is 2.16 bits per heavy atom. The zero-order valence-electron chi connectivity index (χ0n) is 13.2. The maximum atomic E-state index is 13.1. The number of rotatable bonds is 3. The Balaban J connectivity index is 2.35. The smallest absolute Gasteiger partial charge is 0.416 e. The van der Waals surface area contributed by atoms with Gasteiger partial charge in [0.1, 0.15) is 11.9 Å². The fraction of sp³-hybridized carbons (Fsp3) is 0.353. The van der Waals surface area contributed by atoms with Gasteiger partial charge in [0.2, 0.25) is 0 Å². The highest BCUT2D eigenvalue weighted by atomic mass is 19.4. The lowest BCUT2D eigenvalue weighted by atomic mass is 9.94. The molecule has 2 rings (SSSR count). The molecule has 1 aromatic rings. The molecule has 25 heavy (non-hydrogen) atoms. The van der Waals surface area contributed by atoms with Crippen molar-refractivity contribution >= 4 is 5.78 Å². The topological polar surface area (TPSA) is 26.3 Å². The molecule has 0 N–H and O–H groups in total.